The minimum Gasteiger partial charge on any atom is -0.381 e. The van der Waals surface area contributed by atoms with Crippen LogP contribution in [0.15, 0.2) is 23.2 Å². The van der Waals surface area contributed by atoms with Gasteiger partial charge in [0.05, 0.1) is 13.2 Å². The van der Waals surface area contributed by atoms with Crippen LogP contribution >= 0.6 is 0 Å². The zero-order chi connectivity index (χ0) is 18.6. The predicted molar refractivity (Wildman–Crippen MR) is 108 cm³/mol. The topological polar surface area (TPSA) is 54.9 Å². The first-order valence-corrected chi connectivity index (χ1v) is 9.93. The minimum absolute atomic E-state index is 0.586. The van der Waals surface area contributed by atoms with Crippen LogP contribution in [-0.4, -0.2) is 52.0 Å². The fourth-order valence-electron chi connectivity index (χ4n) is 3.11. The third kappa shape index (κ3) is 7.75. The summed E-state index contributed by atoms with van der Waals surface area (Å²) in [6, 6.07) is 6.65. The number of ether oxygens (including phenoxy) is 2. The fraction of sp³-hybridized carbons (Fsp3) is 0.667. The Balaban J connectivity index is 1.63. The van der Waals surface area contributed by atoms with E-state index in [0.717, 1.165) is 71.3 Å². The van der Waals surface area contributed by atoms with Crippen LogP contribution in [0.4, 0.5) is 0 Å². The molecule has 0 radical (unpaired) electrons. The van der Waals surface area contributed by atoms with Crippen molar-refractivity contribution in [3.63, 3.8) is 0 Å². The highest BCUT2D eigenvalue weighted by molar-refractivity contribution is 5.79. The average Bonchev–Trinajstić information content (AvgIpc) is 3.13. The first-order valence-electron chi connectivity index (χ1n) is 9.93. The molecular formula is C21H35N3O2. The molecule has 1 fully saturated rings. The number of hydrogen-bond acceptors (Lipinski definition) is 3. The van der Waals surface area contributed by atoms with Crippen LogP contribution < -0.4 is 10.6 Å². The minimum atomic E-state index is 0.586. The van der Waals surface area contributed by atoms with Gasteiger partial charge in [-0.1, -0.05) is 23.8 Å². The molecule has 0 aliphatic carbocycles. The van der Waals surface area contributed by atoms with Crippen LogP contribution in [0.3, 0.4) is 0 Å². The number of guanidine groups is 1. The molecule has 1 aliphatic rings. The molecule has 1 aromatic carbocycles. The van der Waals surface area contributed by atoms with E-state index in [9.17, 15) is 0 Å². The molecule has 0 bridgehead atoms. The lowest BCUT2D eigenvalue weighted by molar-refractivity contribution is 0.0893. The number of nitrogens with zero attached hydrogens (tertiary/aromatic N) is 1. The molecule has 2 rings (SSSR count). The molecule has 0 spiro atoms. The van der Waals surface area contributed by atoms with Crippen LogP contribution in [0.1, 0.15) is 36.5 Å². The van der Waals surface area contributed by atoms with E-state index < -0.39 is 0 Å². The summed E-state index contributed by atoms with van der Waals surface area (Å²) in [5, 5.41) is 6.74. The van der Waals surface area contributed by atoms with Gasteiger partial charge in [0.1, 0.15) is 0 Å². The summed E-state index contributed by atoms with van der Waals surface area (Å²) in [5.74, 6) is 1.48. The fourth-order valence-corrected chi connectivity index (χ4v) is 3.11. The molecule has 2 N–H and O–H groups in total. The van der Waals surface area contributed by atoms with Crippen LogP contribution in [-0.2, 0) is 15.9 Å². The Bertz CT molecular complexity index is 554. The monoisotopic (exact) mass is 361 g/mol. The van der Waals surface area contributed by atoms with Gasteiger partial charge in [0, 0.05) is 38.8 Å². The van der Waals surface area contributed by atoms with Gasteiger partial charge in [0.15, 0.2) is 5.96 Å². The highest BCUT2D eigenvalue weighted by atomic mass is 16.5. The lowest BCUT2D eigenvalue weighted by atomic mass is 10.0. The highest BCUT2D eigenvalue weighted by Crippen LogP contribution is 2.12. The highest BCUT2D eigenvalue weighted by Gasteiger charge is 2.15. The van der Waals surface area contributed by atoms with Crippen LogP contribution in [0, 0.1) is 19.8 Å². The second kappa shape index (κ2) is 11.9. The third-order valence-electron chi connectivity index (χ3n) is 4.62. The number of benzene rings is 1. The van der Waals surface area contributed by atoms with E-state index in [4.69, 9.17) is 9.47 Å². The molecule has 5 nitrogen and oxygen atoms in total. The Morgan fingerprint density at radius 2 is 2.19 bits per heavy atom. The van der Waals surface area contributed by atoms with Gasteiger partial charge in [0.25, 0.3) is 0 Å². The second-order valence-corrected chi connectivity index (χ2v) is 7.03. The number of rotatable bonds is 10. The Morgan fingerprint density at radius 1 is 1.31 bits per heavy atom. The van der Waals surface area contributed by atoms with Crippen LogP contribution in [0.2, 0.25) is 0 Å². The molecule has 0 saturated carbocycles. The van der Waals surface area contributed by atoms with E-state index in [1.54, 1.807) is 0 Å². The normalized spacial score (nSPS) is 17.5. The summed E-state index contributed by atoms with van der Waals surface area (Å²) >= 11 is 0. The zero-order valence-corrected chi connectivity index (χ0v) is 16.6. The van der Waals surface area contributed by atoms with Gasteiger partial charge in [-0.15, -0.1) is 0 Å². The predicted octanol–water partition coefficient (Wildman–Crippen LogP) is 2.84. The van der Waals surface area contributed by atoms with Crippen molar-refractivity contribution in [1.82, 2.24) is 10.6 Å². The number of hydrogen-bond donors (Lipinski definition) is 2. The van der Waals surface area contributed by atoms with Crippen LogP contribution in [0.25, 0.3) is 0 Å². The van der Waals surface area contributed by atoms with Gasteiger partial charge in [-0.2, -0.15) is 0 Å². The molecule has 1 unspecified atom stereocenters. The lowest BCUT2D eigenvalue weighted by Gasteiger charge is -2.13. The summed E-state index contributed by atoms with van der Waals surface area (Å²) in [5.41, 5.74) is 4.07. The largest absolute Gasteiger partial charge is 0.381 e. The third-order valence-corrected chi connectivity index (χ3v) is 4.62. The Hall–Kier alpha value is -1.59. The van der Waals surface area contributed by atoms with Gasteiger partial charge in [-0.25, -0.2) is 0 Å². The standard InChI is InChI=1S/C21H35N3O2/c1-4-22-21(23-10-5-12-25-15-19-9-13-26-16-19)24-11-8-20-7-6-17(2)14-18(20)3/h6-7,14,19H,4-5,8-13,15-16H2,1-3H3,(H2,22,23,24). The quantitative estimate of drug-likeness (QED) is 0.382. The summed E-state index contributed by atoms with van der Waals surface area (Å²) in [7, 11) is 0. The van der Waals surface area contributed by atoms with E-state index in [1.165, 1.54) is 16.7 Å². The van der Waals surface area contributed by atoms with Crippen molar-refractivity contribution in [2.24, 2.45) is 10.9 Å². The summed E-state index contributed by atoms with van der Waals surface area (Å²) < 4.78 is 11.1. The van der Waals surface area contributed by atoms with Crippen molar-refractivity contribution >= 4 is 5.96 Å². The lowest BCUT2D eigenvalue weighted by Crippen LogP contribution is -2.38. The first-order chi connectivity index (χ1) is 12.7. The smallest absolute Gasteiger partial charge is 0.191 e. The Labute approximate surface area is 158 Å². The molecule has 0 amide bonds. The van der Waals surface area contributed by atoms with Crippen molar-refractivity contribution in [2.75, 3.05) is 46.1 Å². The maximum Gasteiger partial charge on any atom is 0.191 e. The SMILES string of the molecule is CCNC(=NCCCOCC1CCOC1)NCCc1ccc(C)cc1C. The van der Waals surface area contributed by atoms with E-state index in [0.29, 0.717) is 5.92 Å². The first kappa shape index (κ1) is 20.7. The van der Waals surface area contributed by atoms with E-state index in [1.807, 2.05) is 0 Å². The Kier molecular flexibility index (Phi) is 9.50. The summed E-state index contributed by atoms with van der Waals surface area (Å²) in [6.07, 6.45) is 3.08. The summed E-state index contributed by atoms with van der Waals surface area (Å²) in [4.78, 5) is 4.64. The molecule has 26 heavy (non-hydrogen) atoms. The zero-order valence-electron chi connectivity index (χ0n) is 16.6. The molecule has 1 atom stereocenters. The molecule has 0 aromatic heterocycles. The van der Waals surface area contributed by atoms with E-state index in [2.05, 4.69) is 54.6 Å². The van der Waals surface area contributed by atoms with E-state index in [-0.39, 0.29) is 0 Å². The van der Waals surface area contributed by atoms with Crippen LogP contribution in [0.5, 0.6) is 0 Å². The number of aryl methyl sites for hydroxylation is 2. The van der Waals surface area contributed by atoms with Crippen molar-refractivity contribution in [3.05, 3.63) is 34.9 Å². The van der Waals surface area contributed by atoms with Gasteiger partial charge < -0.3 is 20.1 Å². The molecule has 1 aromatic rings. The molecular weight excluding hydrogens is 326 g/mol. The second-order valence-electron chi connectivity index (χ2n) is 7.03. The summed E-state index contributed by atoms with van der Waals surface area (Å²) in [6.45, 7) is 12.3. The van der Waals surface area contributed by atoms with Crippen molar-refractivity contribution < 1.29 is 9.47 Å². The van der Waals surface area contributed by atoms with Gasteiger partial charge in [0.2, 0.25) is 0 Å². The maximum absolute atomic E-state index is 5.73. The van der Waals surface area contributed by atoms with E-state index >= 15 is 0 Å². The van der Waals surface area contributed by atoms with Crippen molar-refractivity contribution in [3.8, 4) is 0 Å². The van der Waals surface area contributed by atoms with Gasteiger partial charge in [-0.3, -0.25) is 4.99 Å². The molecule has 5 heteroatoms. The molecule has 1 heterocycles. The number of aliphatic imine (C=N–C) groups is 1. The molecule has 146 valence electrons. The molecule has 1 aliphatic heterocycles. The number of nitrogens with one attached hydrogen (secondary N) is 2. The van der Waals surface area contributed by atoms with Gasteiger partial charge >= 0.3 is 0 Å². The average molecular weight is 362 g/mol. The maximum atomic E-state index is 5.73. The molecule has 1 saturated heterocycles. The van der Waals surface area contributed by atoms with Gasteiger partial charge in [-0.05, 0) is 51.2 Å². The van der Waals surface area contributed by atoms with Crippen molar-refractivity contribution in [2.45, 2.75) is 40.0 Å². The Morgan fingerprint density at radius 3 is 2.92 bits per heavy atom. The van der Waals surface area contributed by atoms with Crippen molar-refractivity contribution in [1.29, 1.82) is 0 Å².